The Morgan fingerprint density at radius 3 is 2.55 bits per heavy atom. The summed E-state index contributed by atoms with van der Waals surface area (Å²) in [5.41, 5.74) is 1.63. The van der Waals surface area contributed by atoms with Gasteiger partial charge in [0, 0.05) is 17.4 Å². The van der Waals surface area contributed by atoms with Crippen LogP contribution < -0.4 is 16.2 Å². The molecule has 0 spiro atoms. The molecule has 0 saturated heterocycles. The quantitative estimate of drug-likeness (QED) is 0.688. The highest BCUT2D eigenvalue weighted by Gasteiger charge is 2.13. The van der Waals surface area contributed by atoms with E-state index in [1.807, 2.05) is 24.3 Å². The molecule has 0 atom stereocenters. The van der Waals surface area contributed by atoms with Gasteiger partial charge in [-0.25, -0.2) is 9.37 Å². The van der Waals surface area contributed by atoms with Crippen LogP contribution in [0.2, 0.25) is 0 Å². The van der Waals surface area contributed by atoms with Crippen LogP contribution in [0.1, 0.15) is 32.1 Å². The van der Waals surface area contributed by atoms with E-state index in [0.29, 0.717) is 17.2 Å². The zero-order chi connectivity index (χ0) is 20.2. The highest BCUT2D eigenvalue weighted by Crippen LogP contribution is 2.22. The Hall–Kier alpha value is -3.22. The molecule has 7 heteroatoms. The van der Waals surface area contributed by atoms with Gasteiger partial charge in [0.25, 0.3) is 5.56 Å². The highest BCUT2D eigenvalue weighted by atomic mass is 19.1. The Morgan fingerprint density at radius 2 is 1.79 bits per heavy atom. The van der Waals surface area contributed by atoms with Gasteiger partial charge in [-0.05, 0) is 55.3 Å². The molecule has 1 aliphatic rings. The number of hydrogen-bond donors (Lipinski definition) is 2. The van der Waals surface area contributed by atoms with Gasteiger partial charge >= 0.3 is 0 Å². The van der Waals surface area contributed by atoms with Gasteiger partial charge in [0.05, 0.1) is 17.2 Å². The number of anilines is 2. The SMILES string of the molecule is O=C(Cn1cnc2ccc(F)cc2c1=O)Nc1ccc(NC2CCCCC2)cc1. The Bertz CT molecular complexity index is 1070. The molecule has 1 saturated carbocycles. The Morgan fingerprint density at radius 1 is 1.07 bits per heavy atom. The van der Waals surface area contributed by atoms with Crippen molar-refractivity contribution < 1.29 is 9.18 Å². The second kappa shape index (κ2) is 8.43. The van der Waals surface area contributed by atoms with Crippen molar-refractivity contribution >= 4 is 28.2 Å². The Kier molecular flexibility index (Phi) is 5.55. The first kappa shape index (κ1) is 19.1. The zero-order valence-corrected chi connectivity index (χ0v) is 16.0. The minimum atomic E-state index is -0.513. The molecule has 6 nitrogen and oxygen atoms in total. The van der Waals surface area contributed by atoms with E-state index >= 15 is 0 Å². The largest absolute Gasteiger partial charge is 0.382 e. The predicted octanol–water partition coefficient (Wildman–Crippen LogP) is 3.92. The van der Waals surface area contributed by atoms with Crippen molar-refractivity contribution in [2.45, 2.75) is 44.7 Å². The van der Waals surface area contributed by atoms with E-state index < -0.39 is 11.4 Å². The summed E-state index contributed by atoms with van der Waals surface area (Å²) in [6, 6.07) is 11.9. The first-order valence-corrected chi connectivity index (χ1v) is 9.90. The molecular formula is C22H23FN4O2. The number of amides is 1. The summed E-state index contributed by atoms with van der Waals surface area (Å²) in [5.74, 6) is -0.863. The van der Waals surface area contributed by atoms with Gasteiger partial charge in [-0.15, -0.1) is 0 Å². The molecule has 4 rings (SSSR count). The van der Waals surface area contributed by atoms with Crippen molar-refractivity contribution in [1.29, 1.82) is 0 Å². The molecule has 150 valence electrons. The lowest BCUT2D eigenvalue weighted by Crippen LogP contribution is -2.28. The molecule has 0 radical (unpaired) electrons. The van der Waals surface area contributed by atoms with Gasteiger partial charge in [0.2, 0.25) is 5.91 Å². The average molecular weight is 394 g/mol. The topological polar surface area (TPSA) is 76.0 Å². The molecule has 3 aromatic rings. The molecule has 29 heavy (non-hydrogen) atoms. The minimum absolute atomic E-state index is 0.151. The molecule has 0 unspecified atom stereocenters. The third-order valence-corrected chi connectivity index (χ3v) is 5.24. The van der Waals surface area contributed by atoms with Crippen LogP contribution >= 0.6 is 0 Å². The van der Waals surface area contributed by atoms with Crippen molar-refractivity contribution in [3.8, 4) is 0 Å². The Labute approximate surface area is 167 Å². The summed E-state index contributed by atoms with van der Waals surface area (Å²) < 4.78 is 14.6. The van der Waals surface area contributed by atoms with Crippen LogP contribution in [0, 0.1) is 5.82 Å². The summed E-state index contributed by atoms with van der Waals surface area (Å²) in [6.45, 7) is -0.194. The summed E-state index contributed by atoms with van der Waals surface area (Å²) in [7, 11) is 0. The normalized spacial score (nSPS) is 14.7. The second-order valence-electron chi connectivity index (χ2n) is 7.44. The maximum absolute atomic E-state index is 13.4. The standard InChI is InChI=1S/C22H23FN4O2/c23-15-6-11-20-19(12-15)22(29)27(14-24-20)13-21(28)26-18-9-7-17(8-10-18)25-16-4-2-1-3-5-16/h6-12,14,16,25H,1-5,13H2,(H,26,28). The van der Waals surface area contributed by atoms with E-state index in [1.165, 1.54) is 55.1 Å². The number of nitrogens with one attached hydrogen (secondary N) is 2. The molecule has 0 bridgehead atoms. The number of hydrogen-bond acceptors (Lipinski definition) is 4. The first-order valence-electron chi connectivity index (χ1n) is 9.90. The number of carbonyl (C=O) groups is 1. The molecule has 2 aromatic carbocycles. The molecule has 1 fully saturated rings. The molecule has 2 N–H and O–H groups in total. The molecule has 1 amide bonds. The number of carbonyl (C=O) groups excluding carboxylic acids is 1. The van der Waals surface area contributed by atoms with E-state index in [1.54, 1.807) is 0 Å². The van der Waals surface area contributed by atoms with Crippen LogP contribution in [0.25, 0.3) is 10.9 Å². The van der Waals surface area contributed by atoms with Gasteiger partial charge in [-0.1, -0.05) is 19.3 Å². The van der Waals surface area contributed by atoms with E-state index in [0.717, 1.165) is 11.8 Å². The third kappa shape index (κ3) is 4.62. The fourth-order valence-corrected chi connectivity index (χ4v) is 3.73. The smallest absolute Gasteiger partial charge is 0.261 e. The first-order chi connectivity index (χ1) is 14.1. The summed E-state index contributed by atoms with van der Waals surface area (Å²) in [6.07, 6.45) is 7.53. The van der Waals surface area contributed by atoms with E-state index in [-0.39, 0.29) is 17.8 Å². The summed E-state index contributed by atoms with van der Waals surface area (Å²) in [4.78, 5) is 28.9. The fraction of sp³-hybridized carbons (Fsp3) is 0.318. The number of rotatable bonds is 5. The number of aromatic nitrogens is 2. The molecule has 1 aliphatic carbocycles. The van der Waals surface area contributed by atoms with Crippen molar-refractivity contribution in [2.75, 3.05) is 10.6 Å². The zero-order valence-electron chi connectivity index (χ0n) is 16.0. The van der Waals surface area contributed by atoms with Crippen LogP contribution in [0.3, 0.4) is 0 Å². The minimum Gasteiger partial charge on any atom is -0.382 e. The lowest BCUT2D eigenvalue weighted by atomic mass is 9.95. The van der Waals surface area contributed by atoms with Crippen LogP contribution in [-0.2, 0) is 11.3 Å². The lowest BCUT2D eigenvalue weighted by Gasteiger charge is -2.23. The summed E-state index contributed by atoms with van der Waals surface area (Å²) in [5, 5.41) is 6.46. The van der Waals surface area contributed by atoms with Gasteiger partial charge in [-0.2, -0.15) is 0 Å². The number of nitrogens with zero attached hydrogens (tertiary/aromatic N) is 2. The van der Waals surface area contributed by atoms with Crippen LogP contribution in [-0.4, -0.2) is 21.5 Å². The predicted molar refractivity (Wildman–Crippen MR) is 112 cm³/mol. The van der Waals surface area contributed by atoms with Crippen molar-refractivity contribution in [2.24, 2.45) is 0 Å². The Balaban J connectivity index is 1.40. The lowest BCUT2D eigenvalue weighted by molar-refractivity contribution is -0.116. The number of benzene rings is 2. The van der Waals surface area contributed by atoms with E-state index in [2.05, 4.69) is 15.6 Å². The van der Waals surface area contributed by atoms with Crippen molar-refractivity contribution in [3.05, 3.63) is 65.0 Å². The van der Waals surface area contributed by atoms with Gasteiger partial charge in [0.1, 0.15) is 12.4 Å². The molecule has 0 aliphatic heterocycles. The molecule has 1 aromatic heterocycles. The van der Waals surface area contributed by atoms with Crippen LogP contribution in [0.15, 0.2) is 53.6 Å². The van der Waals surface area contributed by atoms with Crippen molar-refractivity contribution in [3.63, 3.8) is 0 Å². The van der Waals surface area contributed by atoms with Gasteiger partial charge < -0.3 is 10.6 Å². The molecular weight excluding hydrogens is 371 g/mol. The maximum atomic E-state index is 13.4. The third-order valence-electron chi connectivity index (χ3n) is 5.24. The van der Waals surface area contributed by atoms with Crippen LogP contribution in [0.4, 0.5) is 15.8 Å². The van der Waals surface area contributed by atoms with Crippen molar-refractivity contribution in [1.82, 2.24) is 9.55 Å². The van der Waals surface area contributed by atoms with Gasteiger partial charge in [-0.3, -0.25) is 14.2 Å². The summed E-state index contributed by atoms with van der Waals surface area (Å²) >= 11 is 0. The second-order valence-corrected chi connectivity index (χ2v) is 7.44. The molecule has 1 heterocycles. The highest BCUT2D eigenvalue weighted by molar-refractivity contribution is 5.91. The number of fused-ring (bicyclic) bond motifs is 1. The van der Waals surface area contributed by atoms with Crippen LogP contribution in [0.5, 0.6) is 0 Å². The number of halogens is 1. The van der Waals surface area contributed by atoms with E-state index in [9.17, 15) is 14.0 Å². The van der Waals surface area contributed by atoms with Gasteiger partial charge in [0.15, 0.2) is 0 Å². The average Bonchev–Trinajstić information content (AvgIpc) is 2.73. The fourth-order valence-electron chi connectivity index (χ4n) is 3.73. The maximum Gasteiger partial charge on any atom is 0.261 e. The van der Waals surface area contributed by atoms with E-state index in [4.69, 9.17) is 0 Å². The monoisotopic (exact) mass is 394 g/mol.